The van der Waals surface area contributed by atoms with Gasteiger partial charge in [-0.25, -0.2) is 10.1 Å². The lowest BCUT2D eigenvalue weighted by molar-refractivity contribution is 0.196. The van der Waals surface area contributed by atoms with Gasteiger partial charge in [0.05, 0.1) is 18.6 Å². The quantitative estimate of drug-likeness (QED) is 0.616. The Morgan fingerprint density at radius 2 is 2.21 bits per heavy atom. The summed E-state index contributed by atoms with van der Waals surface area (Å²) in [6, 6.07) is 0. The summed E-state index contributed by atoms with van der Waals surface area (Å²) in [6.07, 6.45) is 9.45. The topological polar surface area (TPSA) is 37.7 Å². The van der Waals surface area contributed by atoms with E-state index >= 15 is 0 Å². The molecule has 1 aromatic heterocycles. The Balaban J connectivity index is 2.22. The van der Waals surface area contributed by atoms with Crippen LogP contribution in [-0.2, 0) is 18.1 Å². The lowest BCUT2D eigenvalue weighted by Crippen LogP contribution is -1.94. The van der Waals surface area contributed by atoms with Crippen molar-refractivity contribution < 1.29 is 5.11 Å². The SMILES string of the molecule is CCCCCCn1cnc(CC[O])c1. The molecule has 0 saturated carbocycles. The first-order valence-corrected chi connectivity index (χ1v) is 5.45. The molecule has 14 heavy (non-hydrogen) atoms. The average molecular weight is 195 g/mol. The molecular weight excluding hydrogens is 176 g/mol. The molecule has 0 aromatic carbocycles. The highest BCUT2D eigenvalue weighted by atomic mass is 16.3. The van der Waals surface area contributed by atoms with Crippen molar-refractivity contribution in [1.82, 2.24) is 9.55 Å². The van der Waals surface area contributed by atoms with E-state index in [9.17, 15) is 5.11 Å². The van der Waals surface area contributed by atoms with E-state index in [0.29, 0.717) is 6.42 Å². The normalized spacial score (nSPS) is 10.7. The van der Waals surface area contributed by atoms with Crippen molar-refractivity contribution >= 4 is 0 Å². The first-order valence-electron chi connectivity index (χ1n) is 5.45. The van der Waals surface area contributed by atoms with Gasteiger partial charge < -0.3 is 4.57 Å². The fourth-order valence-electron chi connectivity index (χ4n) is 1.48. The second-order valence-electron chi connectivity index (χ2n) is 3.62. The van der Waals surface area contributed by atoms with Crippen molar-refractivity contribution in [1.29, 1.82) is 0 Å². The maximum atomic E-state index is 10.4. The van der Waals surface area contributed by atoms with E-state index < -0.39 is 0 Å². The van der Waals surface area contributed by atoms with E-state index in [4.69, 9.17) is 0 Å². The molecule has 1 radical (unpaired) electrons. The fourth-order valence-corrected chi connectivity index (χ4v) is 1.48. The summed E-state index contributed by atoms with van der Waals surface area (Å²) in [5, 5.41) is 10.4. The monoisotopic (exact) mass is 195 g/mol. The molecule has 0 bridgehead atoms. The van der Waals surface area contributed by atoms with Gasteiger partial charge in [-0.1, -0.05) is 26.2 Å². The van der Waals surface area contributed by atoms with Gasteiger partial charge in [0.25, 0.3) is 0 Å². The smallest absolute Gasteiger partial charge is 0.0949 e. The van der Waals surface area contributed by atoms with Crippen molar-refractivity contribution in [3.05, 3.63) is 18.2 Å². The largest absolute Gasteiger partial charge is 0.337 e. The average Bonchev–Trinajstić information content (AvgIpc) is 2.61. The third kappa shape index (κ3) is 3.92. The van der Waals surface area contributed by atoms with E-state index in [1.165, 1.54) is 25.7 Å². The summed E-state index contributed by atoms with van der Waals surface area (Å²) in [5.74, 6) is 0. The number of unbranched alkanes of at least 4 members (excludes halogenated alkanes) is 3. The van der Waals surface area contributed by atoms with Crippen LogP contribution in [0.4, 0.5) is 0 Å². The summed E-state index contributed by atoms with van der Waals surface area (Å²) in [4.78, 5) is 4.17. The van der Waals surface area contributed by atoms with Crippen LogP contribution < -0.4 is 0 Å². The molecule has 0 spiro atoms. The highest BCUT2D eigenvalue weighted by Gasteiger charge is 1.97. The van der Waals surface area contributed by atoms with Crippen LogP contribution in [0.25, 0.3) is 0 Å². The van der Waals surface area contributed by atoms with Crippen molar-refractivity contribution in [2.75, 3.05) is 6.61 Å². The van der Waals surface area contributed by atoms with Gasteiger partial charge in [-0.15, -0.1) is 0 Å². The maximum absolute atomic E-state index is 10.4. The summed E-state index contributed by atoms with van der Waals surface area (Å²) in [5.41, 5.74) is 0.926. The van der Waals surface area contributed by atoms with Crippen LogP contribution in [0.15, 0.2) is 12.5 Å². The summed E-state index contributed by atoms with van der Waals surface area (Å²) in [7, 11) is 0. The minimum absolute atomic E-state index is 0.0627. The Labute approximate surface area is 85.8 Å². The van der Waals surface area contributed by atoms with Crippen LogP contribution in [0.2, 0.25) is 0 Å². The highest BCUT2D eigenvalue weighted by molar-refractivity contribution is 4.96. The number of nitrogens with zero attached hydrogens (tertiary/aromatic N) is 2. The van der Waals surface area contributed by atoms with E-state index in [1.807, 2.05) is 12.5 Å². The van der Waals surface area contributed by atoms with Gasteiger partial charge in [0.1, 0.15) is 0 Å². The number of hydrogen-bond acceptors (Lipinski definition) is 1. The molecule has 0 saturated heterocycles. The highest BCUT2D eigenvalue weighted by Crippen LogP contribution is 2.03. The third-order valence-corrected chi connectivity index (χ3v) is 2.31. The zero-order valence-corrected chi connectivity index (χ0v) is 8.91. The van der Waals surface area contributed by atoms with Gasteiger partial charge in [-0.05, 0) is 6.42 Å². The predicted molar refractivity (Wildman–Crippen MR) is 55.6 cm³/mol. The molecule has 0 N–H and O–H groups in total. The maximum Gasteiger partial charge on any atom is 0.0949 e. The summed E-state index contributed by atoms with van der Waals surface area (Å²) in [6.45, 7) is 3.18. The van der Waals surface area contributed by atoms with E-state index in [2.05, 4.69) is 16.5 Å². The summed E-state index contributed by atoms with van der Waals surface area (Å²) < 4.78 is 2.08. The number of aromatic nitrogens is 2. The molecule has 3 heteroatoms. The molecule has 0 amide bonds. The predicted octanol–water partition coefficient (Wildman–Crippen LogP) is 2.44. The van der Waals surface area contributed by atoms with E-state index in [1.54, 1.807) is 0 Å². The minimum atomic E-state index is -0.0627. The minimum Gasteiger partial charge on any atom is -0.337 e. The number of rotatable bonds is 7. The Bertz CT molecular complexity index is 245. The first-order chi connectivity index (χ1) is 6.86. The second-order valence-corrected chi connectivity index (χ2v) is 3.62. The molecule has 3 nitrogen and oxygen atoms in total. The zero-order chi connectivity index (χ0) is 10.2. The van der Waals surface area contributed by atoms with Crippen LogP contribution in [0.1, 0.15) is 38.3 Å². The second kappa shape index (κ2) is 6.60. The number of hydrogen-bond donors (Lipinski definition) is 0. The van der Waals surface area contributed by atoms with Gasteiger partial charge in [-0.2, -0.15) is 0 Å². The van der Waals surface area contributed by atoms with Crippen molar-refractivity contribution in [2.24, 2.45) is 0 Å². The molecule has 0 aliphatic carbocycles. The van der Waals surface area contributed by atoms with Gasteiger partial charge in [0.2, 0.25) is 0 Å². The fraction of sp³-hybridized carbons (Fsp3) is 0.727. The lowest BCUT2D eigenvalue weighted by Gasteiger charge is -2.00. The standard InChI is InChI=1S/C11H19N2O/c1-2-3-4-5-7-13-9-11(6-8-14)12-10-13/h9-10H,2-8H2,1H3. The molecule has 79 valence electrons. The molecule has 0 fully saturated rings. The van der Waals surface area contributed by atoms with Gasteiger partial charge in [0, 0.05) is 19.2 Å². The third-order valence-electron chi connectivity index (χ3n) is 2.31. The Hall–Kier alpha value is -0.830. The molecule has 0 aliphatic heterocycles. The van der Waals surface area contributed by atoms with Gasteiger partial charge >= 0.3 is 0 Å². The molecule has 0 unspecified atom stereocenters. The van der Waals surface area contributed by atoms with Crippen molar-refractivity contribution in [3.63, 3.8) is 0 Å². The van der Waals surface area contributed by atoms with E-state index in [-0.39, 0.29) is 6.61 Å². The van der Waals surface area contributed by atoms with Crippen LogP contribution >= 0.6 is 0 Å². The first kappa shape index (κ1) is 11.2. The molecule has 0 atom stereocenters. The molecule has 1 aromatic rings. The number of imidazole rings is 1. The molecule has 1 rings (SSSR count). The number of aryl methyl sites for hydroxylation is 1. The van der Waals surface area contributed by atoms with Crippen LogP contribution in [0, 0.1) is 0 Å². The molecule has 1 heterocycles. The van der Waals surface area contributed by atoms with Crippen molar-refractivity contribution in [2.45, 2.75) is 45.6 Å². The van der Waals surface area contributed by atoms with Crippen LogP contribution in [0.5, 0.6) is 0 Å². The van der Waals surface area contributed by atoms with Crippen LogP contribution in [-0.4, -0.2) is 16.2 Å². The molecule has 0 aliphatic rings. The van der Waals surface area contributed by atoms with Crippen LogP contribution in [0.3, 0.4) is 0 Å². The Morgan fingerprint density at radius 1 is 1.36 bits per heavy atom. The Kier molecular flexibility index (Phi) is 5.30. The lowest BCUT2D eigenvalue weighted by atomic mass is 10.2. The Morgan fingerprint density at radius 3 is 2.93 bits per heavy atom. The van der Waals surface area contributed by atoms with E-state index in [0.717, 1.165) is 12.2 Å². The zero-order valence-electron chi connectivity index (χ0n) is 8.91. The summed E-state index contributed by atoms with van der Waals surface area (Å²) >= 11 is 0. The molecular formula is C11H19N2O. The van der Waals surface area contributed by atoms with Gasteiger partial charge in [0.15, 0.2) is 0 Å². The van der Waals surface area contributed by atoms with Gasteiger partial charge in [-0.3, -0.25) is 0 Å². The van der Waals surface area contributed by atoms with Crippen molar-refractivity contribution in [3.8, 4) is 0 Å².